The quantitative estimate of drug-likeness (QED) is 0.735. The van der Waals surface area contributed by atoms with Gasteiger partial charge in [-0.05, 0) is 26.0 Å². The summed E-state index contributed by atoms with van der Waals surface area (Å²) in [5.74, 6) is 0. The predicted molar refractivity (Wildman–Crippen MR) is 94.3 cm³/mol. The third-order valence-corrected chi connectivity index (χ3v) is 4.13. The van der Waals surface area contributed by atoms with E-state index in [9.17, 15) is 4.79 Å². The highest BCUT2D eigenvalue weighted by molar-refractivity contribution is 7.16. The Morgan fingerprint density at radius 2 is 2.21 bits per heavy atom. The molecular weight excluding hydrogens is 326 g/mol. The Morgan fingerprint density at radius 3 is 2.96 bits per heavy atom. The lowest BCUT2D eigenvalue weighted by atomic mass is 10.1. The van der Waals surface area contributed by atoms with Crippen LogP contribution in [0.3, 0.4) is 0 Å². The van der Waals surface area contributed by atoms with E-state index >= 15 is 0 Å². The summed E-state index contributed by atoms with van der Waals surface area (Å²) in [6.07, 6.45) is 4.64. The molecule has 124 valence electrons. The topological polar surface area (TPSA) is 89.0 Å². The zero-order valence-corrected chi connectivity index (χ0v) is 14.1. The van der Waals surface area contributed by atoms with E-state index in [-0.39, 0.29) is 12.1 Å². The Balaban J connectivity index is 1.88. The van der Waals surface area contributed by atoms with Crippen molar-refractivity contribution in [1.29, 1.82) is 0 Å². The molecule has 1 atom stereocenters. The van der Waals surface area contributed by atoms with E-state index < -0.39 is 0 Å². The number of fused-ring (bicyclic) bond motifs is 1. The van der Waals surface area contributed by atoms with Crippen molar-refractivity contribution in [3.8, 4) is 0 Å². The van der Waals surface area contributed by atoms with Crippen LogP contribution in [0.1, 0.15) is 25.5 Å². The van der Waals surface area contributed by atoms with Crippen molar-refractivity contribution in [1.82, 2.24) is 15.0 Å². The van der Waals surface area contributed by atoms with Gasteiger partial charge < -0.3 is 15.4 Å². The van der Waals surface area contributed by atoms with Gasteiger partial charge in [0.05, 0.1) is 35.4 Å². The highest BCUT2D eigenvalue weighted by Gasteiger charge is 2.19. The summed E-state index contributed by atoms with van der Waals surface area (Å²) >= 11 is 1.45. The number of pyridine rings is 2. The molecule has 0 aliphatic rings. The van der Waals surface area contributed by atoms with Gasteiger partial charge in [-0.15, -0.1) is 11.3 Å². The van der Waals surface area contributed by atoms with Crippen molar-refractivity contribution in [3.63, 3.8) is 0 Å². The van der Waals surface area contributed by atoms with Crippen LogP contribution in [0.15, 0.2) is 36.2 Å². The molecule has 0 spiro atoms. The van der Waals surface area contributed by atoms with Crippen LogP contribution in [-0.2, 0) is 4.74 Å². The van der Waals surface area contributed by atoms with Gasteiger partial charge in [-0.25, -0.2) is 14.8 Å². The Bertz CT molecular complexity index is 837. The second-order valence-electron chi connectivity index (χ2n) is 5.01. The van der Waals surface area contributed by atoms with E-state index in [4.69, 9.17) is 4.74 Å². The lowest BCUT2D eigenvalue weighted by Gasteiger charge is -2.17. The Kier molecular flexibility index (Phi) is 4.97. The number of aromatic nitrogens is 3. The van der Waals surface area contributed by atoms with Crippen LogP contribution in [0.5, 0.6) is 0 Å². The standard InChI is InChI=1S/C16H17N5O2S/c1-3-23-10(2)13-12(8-18-15-14(13)19-9-24-15)21-16(22)20-11-5-4-6-17-7-11/h4-10H,3H2,1-2H3,(H2,20,21,22). The molecule has 1 unspecified atom stereocenters. The maximum atomic E-state index is 12.3. The average Bonchev–Trinajstić information content (AvgIpc) is 3.04. The number of carbonyl (C=O) groups excluding carboxylic acids is 1. The minimum atomic E-state index is -0.371. The molecule has 0 saturated carbocycles. The number of hydrogen-bond donors (Lipinski definition) is 2. The fourth-order valence-electron chi connectivity index (χ4n) is 2.40. The van der Waals surface area contributed by atoms with Crippen LogP contribution < -0.4 is 10.6 Å². The molecule has 0 aliphatic carbocycles. The molecule has 24 heavy (non-hydrogen) atoms. The molecule has 7 nitrogen and oxygen atoms in total. The number of hydrogen-bond acceptors (Lipinski definition) is 6. The predicted octanol–water partition coefficient (Wildman–Crippen LogP) is 3.83. The first-order chi connectivity index (χ1) is 11.7. The van der Waals surface area contributed by atoms with E-state index in [2.05, 4.69) is 25.6 Å². The van der Waals surface area contributed by atoms with Gasteiger partial charge in [0, 0.05) is 18.4 Å². The summed E-state index contributed by atoms with van der Waals surface area (Å²) in [6.45, 7) is 4.43. The fraction of sp³-hybridized carbons (Fsp3) is 0.250. The summed E-state index contributed by atoms with van der Waals surface area (Å²) in [7, 11) is 0. The van der Waals surface area contributed by atoms with E-state index in [0.717, 1.165) is 15.9 Å². The fourth-order valence-corrected chi connectivity index (χ4v) is 3.05. The van der Waals surface area contributed by atoms with Gasteiger partial charge in [0.1, 0.15) is 10.3 Å². The van der Waals surface area contributed by atoms with Crippen molar-refractivity contribution in [3.05, 3.63) is 41.8 Å². The van der Waals surface area contributed by atoms with Crippen molar-refractivity contribution in [2.24, 2.45) is 0 Å². The normalized spacial score (nSPS) is 12.1. The molecule has 3 aromatic rings. The van der Waals surface area contributed by atoms with Crippen LogP contribution in [0.2, 0.25) is 0 Å². The molecule has 0 bridgehead atoms. The first kappa shape index (κ1) is 16.3. The van der Waals surface area contributed by atoms with Crippen LogP contribution >= 0.6 is 11.3 Å². The summed E-state index contributed by atoms with van der Waals surface area (Å²) < 4.78 is 5.70. The highest BCUT2D eigenvalue weighted by atomic mass is 32.1. The van der Waals surface area contributed by atoms with E-state index in [0.29, 0.717) is 18.0 Å². The molecule has 0 aromatic carbocycles. The molecule has 0 aliphatic heterocycles. The summed E-state index contributed by atoms with van der Waals surface area (Å²) in [5.41, 5.74) is 4.50. The van der Waals surface area contributed by atoms with Crippen LogP contribution in [0.25, 0.3) is 10.3 Å². The molecular formula is C16H17N5O2S. The van der Waals surface area contributed by atoms with E-state index in [1.54, 1.807) is 36.2 Å². The first-order valence-electron chi connectivity index (χ1n) is 7.50. The molecule has 0 saturated heterocycles. The summed E-state index contributed by atoms with van der Waals surface area (Å²) in [6, 6.07) is 3.14. The summed E-state index contributed by atoms with van der Waals surface area (Å²) in [5, 5.41) is 5.56. The molecule has 0 fully saturated rings. The Morgan fingerprint density at radius 1 is 1.33 bits per heavy atom. The van der Waals surface area contributed by atoms with Crippen molar-refractivity contribution >= 4 is 39.1 Å². The van der Waals surface area contributed by atoms with E-state index in [1.165, 1.54) is 11.3 Å². The van der Waals surface area contributed by atoms with Gasteiger partial charge in [0.25, 0.3) is 0 Å². The van der Waals surface area contributed by atoms with Gasteiger partial charge in [-0.1, -0.05) is 0 Å². The number of amides is 2. The smallest absolute Gasteiger partial charge is 0.323 e. The SMILES string of the molecule is CCOC(C)c1c(NC(=O)Nc2cccnc2)cnc2scnc12. The van der Waals surface area contributed by atoms with Gasteiger partial charge >= 0.3 is 6.03 Å². The van der Waals surface area contributed by atoms with E-state index in [1.807, 2.05) is 13.8 Å². The van der Waals surface area contributed by atoms with Crippen molar-refractivity contribution in [2.45, 2.75) is 20.0 Å². The minimum absolute atomic E-state index is 0.212. The zero-order chi connectivity index (χ0) is 16.9. The van der Waals surface area contributed by atoms with Gasteiger partial charge in [-0.2, -0.15) is 0 Å². The number of thiazole rings is 1. The lowest BCUT2D eigenvalue weighted by Crippen LogP contribution is -2.21. The number of nitrogens with zero attached hydrogens (tertiary/aromatic N) is 3. The molecule has 8 heteroatoms. The number of nitrogens with one attached hydrogen (secondary N) is 2. The van der Waals surface area contributed by atoms with Crippen LogP contribution in [0, 0.1) is 0 Å². The van der Waals surface area contributed by atoms with Gasteiger partial charge in [-0.3, -0.25) is 4.98 Å². The Labute approximate surface area is 143 Å². The van der Waals surface area contributed by atoms with Crippen molar-refractivity contribution < 1.29 is 9.53 Å². The highest BCUT2D eigenvalue weighted by Crippen LogP contribution is 2.32. The number of rotatable bonds is 5. The third-order valence-electron chi connectivity index (χ3n) is 3.40. The molecule has 2 N–H and O–H groups in total. The molecule has 3 aromatic heterocycles. The molecule has 3 heterocycles. The summed E-state index contributed by atoms with van der Waals surface area (Å²) in [4.78, 5) is 25.8. The molecule has 2 amide bonds. The minimum Gasteiger partial charge on any atom is -0.374 e. The Hall–Kier alpha value is -2.58. The monoisotopic (exact) mass is 343 g/mol. The largest absolute Gasteiger partial charge is 0.374 e. The average molecular weight is 343 g/mol. The van der Waals surface area contributed by atoms with Gasteiger partial charge in [0.2, 0.25) is 0 Å². The maximum Gasteiger partial charge on any atom is 0.323 e. The molecule has 3 rings (SSSR count). The van der Waals surface area contributed by atoms with Gasteiger partial charge in [0.15, 0.2) is 0 Å². The first-order valence-corrected chi connectivity index (χ1v) is 8.38. The number of ether oxygens (including phenoxy) is 1. The van der Waals surface area contributed by atoms with Crippen LogP contribution in [-0.4, -0.2) is 27.6 Å². The van der Waals surface area contributed by atoms with Crippen molar-refractivity contribution in [2.75, 3.05) is 17.2 Å². The number of anilines is 2. The zero-order valence-electron chi connectivity index (χ0n) is 13.3. The number of carbonyl (C=O) groups is 1. The second-order valence-corrected chi connectivity index (χ2v) is 5.84. The second kappa shape index (κ2) is 7.33. The van der Waals surface area contributed by atoms with Crippen LogP contribution in [0.4, 0.5) is 16.2 Å². The maximum absolute atomic E-state index is 12.3. The third kappa shape index (κ3) is 3.50. The number of urea groups is 1. The lowest BCUT2D eigenvalue weighted by molar-refractivity contribution is 0.0777. The molecule has 0 radical (unpaired) electrons.